The number of halogens is 6. The van der Waals surface area contributed by atoms with Crippen LogP contribution in [-0.4, -0.2) is 10.7 Å². The van der Waals surface area contributed by atoms with Crippen LogP contribution < -0.4 is 0 Å². The van der Waals surface area contributed by atoms with Crippen LogP contribution in [0.1, 0.15) is 0 Å². The van der Waals surface area contributed by atoms with Gasteiger partial charge in [-0.15, -0.1) is 34.8 Å². The lowest BCUT2D eigenvalue weighted by molar-refractivity contribution is 1.40. The van der Waals surface area contributed by atoms with Gasteiger partial charge in [-0.2, -0.15) is 0 Å². The van der Waals surface area contributed by atoms with Crippen LogP contribution in [0, 0.1) is 0 Å². The maximum atomic E-state index is 5.10. The highest BCUT2D eigenvalue weighted by molar-refractivity contribution is 6.58. The van der Waals surface area contributed by atoms with Gasteiger partial charge in [-0.25, -0.2) is 0 Å². The minimum atomic E-state index is -0.406. The van der Waals surface area contributed by atoms with Crippen LogP contribution in [-0.2, 0) is 0 Å². The zero-order chi connectivity index (χ0) is 8.57. The second kappa shape index (κ2) is 10.5. The van der Waals surface area contributed by atoms with Crippen molar-refractivity contribution in [3.05, 3.63) is 10.0 Å². The van der Waals surface area contributed by atoms with Gasteiger partial charge in [-0.3, -0.25) is 0 Å². The van der Waals surface area contributed by atoms with E-state index in [0.29, 0.717) is 5.88 Å². The van der Waals surface area contributed by atoms with Gasteiger partial charge >= 0.3 is 0 Å². The lowest BCUT2D eigenvalue weighted by atomic mass is 10.9. The average Bonchev–Trinajstić information content (AvgIpc) is 1.89. The highest BCUT2D eigenvalue weighted by Gasteiger charge is 1.88. The standard InChI is InChI=1S/C2H3Cl3.C2HCl3/c2*3-1-2(4)5/h2H,1H2;1H. The van der Waals surface area contributed by atoms with E-state index in [9.17, 15) is 0 Å². The third-order valence-electron chi connectivity index (χ3n) is 0.199. The van der Waals surface area contributed by atoms with E-state index >= 15 is 0 Å². The highest BCUT2D eigenvalue weighted by Crippen LogP contribution is 2.05. The van der Waals surface area contributed by atoms with Crippen molar-refractivity contribution in [3.63, 3.8) is 0 Å². The molecule has 0 heterocycles. The fraction of sp³-hybridized carbons (Fsp3) is 0.500. The summed E-state index contributed by atoms with van der Waals surface area (Å²) in [5, 5.41) is 0. The van der Waals surface area contributed by atoms with Gasteiger partial charge in [0.1, 0.15) is 9.33 Å². The van der Waals surface area contributed by atoms with Crippen LogP contribution in [0.15, 0.2) is 10.0 Å². The summed E-state index contributed by atoms with van der Waals surface area (Å²) < 4.78 is 0.0895. The van der Waals surface area contributed by atoms with E-state index < -0.39 is 4.84 Å². The van der Waals surface area contributed by atoms with Crippen molar-refractivity contribution in [2.75, 3.05) is 5.88 Å². The molecule has 0 spiro atoms. The molecule has 10 heavy (non-hydrogen) atoms. The fourth-order valence-electron chi connectivity index (χ4n) is 0. The molecule has 0 aliphatic rings. The summed E-state index contributed by atoms with van der Waals surface area (Å²) >= 11 is 30.1. The van der Waals surface area contributed by atoms with E-state index in [2.05, 4.69) is 0 Å². The summed E-state index contributed by atoms with van der Waals surface area (Å²) in [6.45, 7) is 0. The molecule has 62 valence electrons. The predicted octanol–water partition coefficient (Wildman–Crippen LogP) is 4.53. The topological polar surface area (TPSA) is 0 Å². The van der Waals surface area contributed by atoms with Gasteiger partial charge in [-0.05, 0) is 0 Å². The summed E-state index contributed by atoms with van der Waals surface area (Å²) in [5.74, 6) is 0.309. The Morgan fingerprint density at radius 2 is 1.50 bits per heavy atom. The normalized spacial score (nSPS) is 8.30. The third kappa shape index (κ3) is 22.7. The van der Waals surface area contributed by atoms with Crippen LogP contribution in [0.5, 0.6) is 0 Å². The Kier molecular flexibility index (Phi) is 14.7. The Labute approximate surface area is 90.0 Å². The lowest BCUT2D eigenvalue weighted by Crippen LogP contribution is -1.82. The Morgan fingerprint density at radius 1 is 1.30 bits per heavy atom. The molecule has 0 radical (unpaired) electrons. The zero-order valence-electron chi connectivity index (χ0n) is 4.63. The summed E-state index contributed by atoms with van der Waals surface area (Å²) in [4.78, 5) is -0.406. The first-order valence-corrected chi connectivity index (χ1v) is 4.60. The van der Waals surface area contributed by atoms with Crippen molar-refractivity contribution in [2.45, 2.75) is 4.84 Å². The molecule has 0 aromatic rings. The molecule has 0 amide bonds. The molecule has 0 N–H and O–H groups in total. The summed E-state index contributed by atoms with van der Waals surface area (Å²) in [5.41, 5.74) is 1.09. The molecular formula is C4H4Cl6. The predicted molar refractivity (Wildman–Crippen MR) is 51.9 cm³/mol. The molecule has 0 bridgehead atoms. The zero-order valence-corrected chi connectivity index (χ0v) is 9.17. The summed E-state index contributed by atoms with van der Waals surface area (Å²) in [6.07, 6.45) is 0. The highest BCUT2D eigenvalue weighted by atomic mass is 35.5. The Hall–Kier alpha value is 1.48. The lowest BCUT2D eigenvalue weighted by Gasteiger charge is -1.82. The first-order chi connectivity index (χ1) is 4.54. The molecule has 0 atom stereocenters. The van der Waals surface area contributed by atoms with E-state index in [4.69, 9.17) is 69.6 Å². The van der Waals surface area contributed by atoms with Crippen LogP contribution in [0.2, 0.25) is 0 Å². The first kappa shape index (κ1) is 14.0. The van der Waals surface area contributed by atoms with Crippen molar-refractivity contribution >= 4 is 69.6 Å². The largest absolute Gasteiger partial charge is 0.124 e. The van der Waals surface area contributed by atoms with Crippen molar-refractivity contribution in [1.82, 2.24) is 0 Å². The molecule has 0 saturated heterocycles. The maximum Gasteiger partial charge on any atom is 0.121 e. The van der Waals surface area contributed by atoms with Gasteiger partial charge in [0.25, 0.3) is 0 Å². The minimum absolute atomic E-state index is 0.0895. The second-order valence-electron chi connectivity index (χ2n) is 0.944. The Bertz CT molecular complexity index is 83.7. The molecule has 0 unspecified atom stereocenters. The van der Waals surface area contributed by atoms with E-state index in [-0.39, 0.29) is 4.49 Å². The van der Waals surface area contributed by atoms with Crippen LogP contribution in [0.4, 0.5) is 0 Å². The molecule has 0 rings (SSSR count). The molecule has 0 aliphatic carbocycles. The number of hydrogen-bond donors (Lipinski definition) is 0. The summed E-state index contributed by atoms with van der Waals surface area (Å²) in [6, 6.07) is 0. The van der Waals surface area contributed by atoms with Gasteiger partial charge in [0.2, 0.25) is 0 Å². The molecule has 0 saturated carbocycles. The van der Waals surface area contributed by atoms with Gasteiger partial charge < -0.3 is 0 Å². The van der Waals surface area contributed by atoms with Crippen LogP contribution in [0.3, 0.4) is 0 Å². The molecule has 6 heteroatoms. The Morgan fingerprint density at radius 3 is 1.50 bits per heavy atom. The smallest absolute Gasteiger partial charge is 0.121 e. The Balaban J connectivity index is 0. The maximum absolute atomic E-state index is 5.10. The van der Waals surface area contributed by atoms with Crippen LogP contribution in [0.25, 0.3) is 0 Å². The molecule has 0 fully saturated rings. The van der Waals surface area contributed by atoms with Crippen LogP contribution >= 0.6 is 69.6 Å². The number of alkyl halides is 3. The van der Waals surface area contributed by atoms with Crippen molar-refractivity contribution < 1.29 is 0 Å². The van der Waals surface area contributed by atoms with Gasteiger partial charge in [0.05, 0.1) is 5.88 Å². The van der Waals surface area contributed by atoms with Gasteiger partial charge in [-0.1, -0.05) is 34.8 Å². The fourth-order valence-corrected chi connectivity index (χ4v) is 0. The molecule has 0 aromatic carbocycles. The van der Waals surface area contributed by atoms with Gasteiger partial charge in [0, 0.05) is 5.54 Å². The van der Waals surface area contributed by atoms with Gasteiger partial charge in [0.15, 0.2) is 0 Å². The van der Waals surface area contributed by atoms with Crippen molar-refractivity contribution in [2.24, 2.45) is 0 Å². The minimum Gasteiger partial charge on any atom is -0.124 e. The monoisotopic (exact) mass is 262 g/mol. The van der Waals surface area contributed by atoms with E-state index in [1.807, 2.05) is 0 Å². The average molecular weight is 265 g/mol. The third-order valence-corrected chi connectivity index (χ3v) is 1.79. The van der Waals surface area contributed by atoms with E-state index in [1.54, 1.807) is 0 Å². The van der Waals surface area contributed by atoms with Crippen molar-refractivity contribution in [1.29, 1.82) is 0 Å². The first-order valence-electron chi connectivity index (χ1n) is 2.00. The SMILES string of the molecule is ClC=C(Cl)Cl.ClCC(Cl)Cl. The number of rotatable bonds is 1. The quantitative estimate of drug-likeness (QED) is 0.611. The van der Waals surface area contributed by atoms with Crippen molar-refractivity contribution in [3.8, 4) is 0 Å². The van der Waals surface area contributed by atoms with E-state index in [1.165, 1.54) is 0 Å². The molecular weight excluding hydrogens is 261 g/mol. The molecule has 0 aromatic heterocycles. The summed E-state index contributed by atoms with van der Waals surface area (Å²) in [7, 11) is 0. The second-order valence-corrected chi connectivity index (χ2v) is 3.76. The number of hydrogen-bond acceptors (Lipinski definition) is 0. The molecule has 0 nitrogen and oxygen atoms in total. The molecule has 0 aliphatic heterocycles. The van der Waals surface area contributed by atoms with E-state index in [0.717, 1.165) is 5.54 Å².